The normalized spacial score (nSPS) is 11.9. The van der Waals surface area contributed by atoms with Crippen LogP contribution in [0, 0.1) is 13.8 Å². The van der Waals surface area contributed by atoms with Crippen LogP contribution < -0.4 is 9.46 Å². The molecular weight excluding hydrogens is 507 g/mol. The van der Waals surface area contributed by atoms with Gasteiger partial charge in [0.05, 0.1) is 16.2 Å². The van der Waals surface area contributed by atoms with Crippen LogP contribution in [-0.4, -0.2) is 28.2 Å². The molecule has 4 rings (SSSR count). The van der Waals surface area contributed by atoms with Crippen LogP contribution in [0.3, 0.4) is 0 Å². The number of hydrogen-bond acceptors (Lipinski definition) is 6. The van der Waals surface area contributed by atoms with Gasteiger partial charge in [-0.05, 0) is 38.0 Å². The summed E-state index contributed by atoms with van der Waals surface area (Å²) in [5, 5.41) is 4.27. The zero-order valence-electron chi connectivity index (χ0n) is 20.2. The van der Waals surface area contributed by atoms with Crippen molar-refractivity contribution in [1.29, 1.82) is 0 Å². The third-order valence-corrected chi connectivity index (χ3v) is 6.89. The average Bonchev–Trinajstić information content (AvgIpc) is 3.21. The Bertz CT molecular complexity index is 1520. The summed E-state index contributed by atoms with van der Waals surface area (Å²) in [5.41, 5.74) is 1.41. The smallest absolute Gasteiger partial charge is 0.417 e. The number of ether oxygens (including phenoxy) is 1. The third kappa shape index (κ3) is 5.74. The van der Waals surface area contributed by atoms with Gasteiger partial charge in [-0.2, -0.15) is 27.9 Å². The first kappa shape index (κ1) is 26.1. The molecule has 8 nitrogen and oxygen atoms in total. The van der Waals surface area contributed by atoms with Crippen molar-refractivity contribution >= 4 is 15.8 Å². The summed E-state index contributed by atoms with van der Waals surface area (Å²) in [4.78, 5) is 8.03. The number of aryl methyl sites for hydroxylation is 2. The van der Waals surface area contributed by atoms with Gasteiger partial charge in [0, 0.05) is 17.3 Å². The van der Waals surface area contributed by atoms with Gasteiger partial charge in [-0.25, -0.2) is 13.4 Å². The predicted octanol–water partition coefficient (Wildman–Crippen LogP) is 5.24. The first-order chi connectivity index (χ1) is 17.5. The Hall–Kier alpha value is -3.93. The molecule has 12 heteroatoms. The molecule has 194 valence electrons. The number of aromatic nitrogens is 4. The van der Waals surface area contributed by atoms with Crippen LogP contribution in [0.4, 0.5) is 19.0 Å². The molecule has 1 N–H and O–H groups in total. The number of rotatable bonds is 8. The Morgan fingerprint density at radius 2 is 1.68 bits per heavy atom. The number of nitrogens with zero attached hydrogens (tertiary/aromatic N) is 4. The molecule has 37 heavy (non-hydrogen) atoms. The van der Waals surface area contributed by atoms with Crippen LogP contribution >= 0.6 is 0 Å². The van der Waals surface area contributed by atoms with Crippen molar-refractivity contribution in [2.45, 2.75) is 44.9 Å². The summed E-state index contributed by atoms with van der Waals surface area (Å²) in [6.07, 6.45) is -4.27. The number of alkyl halides is 3. The van der Waals surface area contributed by atoms with Crippen LogP contribution in [0.1, 0.15) is 35.0 Å². The van der Waals surface area contributed by atoms with Crippen LogP contribution in [0.2, 0.25) is 0 Å². The van der Waals surface area contributed by atoms with Crippen LogP contribution in [0.5, 0.6) is 5.88 Å². The van der Waals surface area contributed by atoms with E-state index in [-0.39, 0.29) is 18.4 Å². The molecule has 0 spiro atoms. The maximum atomic E-state index is 13.5. The van der Waals surface area contributed by atoms with E-state index in [1.165, 1.54) is 12.1 Å². The van der Waals surface area contributed by atoms with Gasteiger partial charge in [0.1, 0.15) is 12.4 Å². The minimum atomic E-state index is -4.86. The lowest BCUT2D eigenvalue weighted by atomic mass is 10.2. The van der Waals surface area contributed by atoms with Crippen molar-refractivity contribution in [2.75, 3.05) is 4.72 Å². The summed E-state index contributed by atoms with van der Waals surface area (Å²) >= 11 is 0. The average molecular weight is 532 g/mol. The van der Waals surface area contributed by atoms with Crippen molar-refractivity contribution in [3.8, 4) is 11.8 Å². The fourth-order valence-corrected chi connectivity index (χ4v) is 5.02. The second-order valence-electron chi connectivity index (χ2n) is 8.20. The van der Waals surface area contributed by atoms with Gasteiger partial charge in [-0.3, -0.25) is 4.72 Å². The minimum absolute atomic E-state index is 0.00710. The van der Waals surface area contributed by atoms with E-state index in [2.05, 4.69) is 19.8 Å². The highest BCUT2D eigenvalue weighted by atomic mass is 32.2. The molecule has 0 amide bonds. The molecule has 0 aliphatic carbocycles. The van der Waals surface area contributed by atoms with Gasteiger partial charge in [0.15, 0.2) is 0 Å². The standard InChI is InChI=1S/C25H24F3N5O3S/c1-4-19-17(3)29-24(30-23(19)36-15-18-10-6-5-7-11-18)33-22(14-16(2)31-33)32-37(34,35)21-13-9-8-12-20(21)25(26,27)28/h5-14,32H,4,15H2,1-3H3. The van der Waals surface area contributed by atoms with Crippen molar-refractivity contribution in [2.24, 2.45) is 0 Å². The van der Waals surface area contributed by atoms with Gasteiger partial charge in [0.25, 0.3) is 16.0 Å². The Morgan fingerprint density at radius 3 is 2.35 bits per heavy atom. The minimum Gasteiger partial charge on any atom is -0.472 e. The summed E-state index contributed by atoms with van der Waals surface area (Å²) in [6.45, 7) is 5.54. The van der Waals surface area contributed by atoms with Crippen LogP contribution in [0.15, 0.2) is 65.6 Å². The second kappa shape index (κ2) is 10.2. The quantitative estimate of drug-likeness (QED) is 0.334. The van der Waals surface area contributed by atoms with Crippen molar-refractivity contribution in [3.05, 3.63) is 88.7 Å². The Kier molecular flexibility index (Phi) is 7.21. The van der Waals surface area contributed by atoms with Crippen molar-refractivity contribution in [3.63, 3.8) is 0 Å². The molecule has 2 heterocycles. The Balaban J connectivity index is 1.73. The molecule has 0 fully saturated rings. The lowest BCUT2D eigenvalue weighted by molar-refractivity contribution is -0.139. The second-order valence-corrected chi connectivity index (χ2v) is 9.85. The monoisotopic (exact) mass is 531 g/mol. The molecule has 0 aliphatic rings. The molecule has 0 atom stereocenters. The van der Waals surface area contributed by atoms with E-state index < -0.39 is 26.7 Å². The third-order valence-electron chi connectivity index (χ3n) is 5.48. The van der Waals surface area contributed by atoms with Crippen molar-refractivity contribution < 1.29 is 26.3 Å². The van der Waals surface area contributed by atoms with E-state index >= 15 is 0 Å². The first-order valence-corrected chi connectivity index (χ1v) is 12.8. The zero-order valence-corrected chi connectivity index (χ0v) is 21.1. The Labute approximate surface area is 212 Å². The van der Waals surface area contributed by atoms with E-state index in [4.69, 9.17) is 4.74 Å². The molecule has 0 bridgehead atoms. The Morgan fingerprint density at radius 1 is 1.00 bits per heavy atom. The van der Waals surface area contributed by atoms with Gasteiger partial charge < -0.3 is 4.74 Å². The van der Waals surface area contributed by atoms with Crippen molar-refractivity contribution in [1.82, 2.24) is 19.7 Å². The summed E-state index contributed by atoms with van der Waals surface area (Å²) < 4.78 is 75.8. The molecule has 0 saturated heterocycles. The van der Waals surface area contributed by atoms with E-state index in [0.717, 1.165) is 27.9 Å². The highest BCUT2D eigenvalue weighted by Crippen LogP contribution is 2.35. The number of hydrogen-bond donors (Lipinski definition) is 1. The number of anilines is 1. The van der Waals surface area contributed by atoms with Gasteiger partial charge >= 0.3 is 6.18 Å². The maximum absolute atomic E-state index is 13.5. The summed E-state index contributed by atoms with van der Waals surface area (Å²) in [7, 11) is -4.64. The SMILES string of the molecule is CCc1c(C)nc(-n2nc(C)cc2NS(=O)(=O)c2ccccc2C(F)(F)F)nc1OCc1ccccc1. The molecule has 0 radical (unpaired) electrons. The summed E-state index contributed by atoms with van der Waals surface area (Å²) in [5.74, 6) is 0.193. The topological polar surface area (TPSA) is 99.0 Å². The molecule has 4 aromatic rings. The number of sulfonamides is 1. The number of halogens is 3. The van der Waals surface area contributed by atoms with E-state index in [1.54, 1.807) is 13.8 Å². The van der Waals surface area contributed by atoms with E-state index in [9.17, 15) is 21.6 Å². The fourth-order valence-electron chi connectivity index (χ4n) is 3.76. The maximum Gasteiger partial charge on any atom is 0.417 e. The lowest BCUT2D eigenvalue weighted by Gasteiger charge is -2.16. The van der Waals surface area contributed by atoms with Gasteiger partial charge in [0.2, 0.25) is 5.88 Å². The predicted molar refractivity (Wildman–Crippen MR) is 131 cm³/mol. The summed E-state index contributed by atoms with van der Waals surface area (Å²) in [6, 6.07) is 14.8. The lowest BCUT2D eigenvalue weighted by Crippen LogP contribution is -2.21. The molecule has 2 aromatic carbocycles. The molecule has 0 unspecified atom stereocenters. The van der Waals surface area contributed by atoms with Gasteiger partial charge in [-0.15, -0.1) is 0 Å². The zero-order chi connectivity index (χ0) is 26.8. The van der Waals surface area contributed by atoms with E-state index in [0.29, 0.717) is 29.8 Å². The van der Waals surface area contributed by atoms with Gasteiger partial charge in [-0.1, -0.05) is 49.4 Å². The molecule has 0 aliphatic heterocycles. The first-order valence-electron chi connectivity index (χ1n) is 11.3. The molecule has 2 aromatic heterocycles. The highest BCUT2D eigenvalue weighted by molar-refractivity contribution is 7.92. The molecular formula is C25H24F3N5O3S. The number of benzene rings is 2. The van der Waals surface area contributed by atoms with Crippen LogP contribution in [-0.2, 0) is 29.2 Å². The fraction of sp³-hybridized carbons (Fsp3) is 0.240. The van der Waals surface area contributed by atoms with E-state index in [1.807, 2.05) is 37.3 Å². The highest BCUT2D eigenvalue weighted by Gasteiger charge is 2.37. The van der Waals surface area contributed by atoms with Crippen LogP contribution in [0.25, 0.3) is 5.95 Å². The largest absolute Gasteiger partial charge is 0.472 e. The molecule has 0 saturated carbocycles. The number of nitrogens with one attached hydrogen (secondary N) is 1.